The molecule has 0 radical (unpaired) electrons. The number of aliphatic carboxylic acids is 2. The van der Waals surface area contributed by atoms with Gasteiger partial charge in [-0.3, -0.25) is 9.59 Å². The average Bonchev–Trinajstić information content (AvgIpc) is 2.02. The van der Waals surface area contributed by atoms with Crippen LogP contribution in [0, 0.1) is 0 Å². The van der Waals surface area contributed by atoms with Gasteiger partial charge in [0.2, 0.25) is 0 Å². The molecule has 0 aliphatic carbocycles. The van der Waals surface area contributed by atoms with Gasteiger partial charge in [0, 0.05) is 12.1 Å². The van der Waals surface area contributed by atoms with Gasteiger partial charge in [-0.15, -0.1) is 0 Å². The van der Waals surface area contributed by atoms with E-state index in [-0.39, 0.29) is 6.54 Å². The van der Waals surface area contributed by atoms with Crippen molar-refractivity contribution < 1.29 is 19.8 Å². The largest absolute Gasteiger partial charge is 0.481 e. The second kappa shape index (κ2) is 6.45. The van der Waals surface area contributed by atoms with Crippen LogP contribution in [-0.4, -0.2) is 34.7 Å². The third kappa shape index (κ3) is 6.12. The Morgan fingerprint density at radius 2 is 2.08 bits per heavy atom. The van der Waals surface area contributed by atoms with Crippen LogP contribution in [0.15, 0.2) is 11.6 Å². The molecule has 0 heterocycles. The molecule has 0 aliphatic heterocycles. The Labute approximate surface area is 80.0 Å². The number of nitrogens with one attached hydrogen (secondary N) is 1. The van der Waals surface area contributed by atoms with Crippen molar-refractivity contribution in [2.75, 3.05) is 6.54 Å². The Balaban J connectivity index is 3.95. The first kappa shape index (κ1) is 11.9. The number of carboxylic acid groups (broad SMARTS) is 2. The highest BCUT2D eigenvalue weighted by molar-refractivity contribution is 6.25. The lowest BCUT2D eigenvalue weighted by atomic mass is 10.2. The summed E-state index contributed by atoms with van der Waals surface area (Å²) in [6, 6.07) is -1.08. The van der Waals surface area contributed by atoms with E-state index in [1.165, 1.54) is 11.6 Å². The van der Waals surface area contributed by atoms with Gasteiger partial charge in [-0.2, -0.15) is 0 Å². The zero-order chi connectivity index (χ0) is 10.3. The van der Waals surface area contributed by atoms with Crippen LogP contribution in [-0.2, 0) is 9.59 Å². The Morgan fingerprint density at radius 3 is 2.46 bits per heavy atom. The molecule has 0 bridgehead atoms. The minimum absolute atomic E-state index is 0.230. The Bertz CT molecular complexity index is 217. The first-order valence-electron chi connectivity index (χ1n) is 3.51. The van der Waals surface area contributed by atoms with Gasteiger partial charge in [-0.05, 0) is 0 Å². The van der Waals surface area contributed by atoms with Crippen molar-refractivity contribution >= 4 is 23.5 Å². The molecule has 0 aromatic rings. The average molecular weight is 208 g/mol. The Hall–Kier alpha value is -1.07. The van der Waals surface area contributed by atoms with Crippen molar-refractivity contribution in [1.29, 1.82) is 0 Å². The van der Waals surface area contributed by atoms with Gasteiger partial charge in [0.05, 0.1) is 6.42 Å². The first-order valence-corrected chi connectivity index (χ1v) is 3.94. The molecular formula is C7H10ClNO4. The molecule has 3 N–H and O–H groups in total. The van der Waals surface area contributed by atoms with Crippen molar-refractivity contribution in [3.8, 4) is 0 Å². The molecular weight excluding hydrogens is 198 g/mol. The van der Waals surface area contributed by atoms with E-state index in [0.717, 1.165) is 0 Å². The molecule has 0 fully saturated rings. The lowest BCUT2D eigenvalue weighted by Gasteiger charge is -2.09. The number of carboxylic acids is 2. The van der Waals surface area contributed by atoms with Crippen molar-refractivity contribution in [3.63, 3.8) is 0 Å². The monoisotopic (exact) mass is 207 g/mol. The molecule has 0 saturated carbocycles. The molecule has 0 spiro atoms. The van der Waals surface area contributed by atoms with Crippen LogP contribution < -0.4 is 5.32 Å². The molecule has 0 aromatic carbocycles. The van der Waals surface area contributed by atoms with Gasteiger partial charge < -0.3 is 15.5 Å². The molecule has 74 valence electrons. The fourth-order valence-electron chi connectivity index (χ4n) is 0.676. The smallest absolute Gasteiger partial charge is 0.321 e. The van der Waals surface area contributed by atoms with Crippen molar-refractivity contribution in [2.24, 2.45) is 0 Å². The lowest BCUT2D eigenvalue weighted by Crippen LogP contribution is -2.38. The molecule has 1 unspecified atom stereocenters. The molecule has 13 heavy (non-hydrogen) atoms. The molecule has 0 amide bonds. The van der Waals surface area contributed by atoms with Crippen LogP contribution in [0.1, 0.15) is 6.42 Å². The van der Waals surface area contributed by atoms with Gasteiger partial charge in [-0.1, -0.05) is 17.7 Å². The molecule has 0 saturated heterocycles. The number of hydrogen-bond acceptors (Lipinski definition) is 3. The normalized spacial score (nSPS) is 13.0. The fourth-order valence-corrected chi connectivity index (χ4v) is 0.765. The summed E-state index contributed by atoms with van der Waals surface area (Å²) in [6.07, 6.45) is 1.03. The van der Waals surface area contributed by atoms with E-state index in [1.54, 1.807) is 0 Å². The highest BCUT2D eigenvalue weighted by Gasteiger charge is 2.19. The Morgan fingerprint density at radius 1 is 1.46 bits per heavy atom. The van der Waals surface area contributed by atoms with Crippen LogP contribution in [0.4, 0.5) is 0 Å². The van der Waals surface area contributed by atoms with Crippen LogP contribution >= 0.6 is 11.6 Å². The molecule has 0 aliphatic rings. The maximum absolute atomic E-state index is 10.4. The zero-order valence-corrected chi connectivity index (χ0v) is 7.49. The van der Waals surface area contributed by atoms with Crippen molar-refractivity contribution in [1.82, 2.24) is 5.32 Å². The highest BCUT2D eigenvalue weighted by Crippen LogP contribution is 1.92. The number of rotatable bonds is 6. The molecule has 5 nitrogen and oxygen atoms in total. The maximum atomic E-state index is 10.4. The van der Waals surface area contributed by atoms with E-state index < -0.39 is 24.4 Å². The third-order valence-electron chi connectivity index (χ3n) is 1.25. The molecule has 0 aromatic heterocycles. The SMILES string of the molecule is O=C(O)CC(NCC=CCl)C(=O)O. The highest BCUT2D eigenvalue weighted by atomic mass is 35.5. The van der Waals surface area contributed by atoms with Gasteiger partial charge in [-0.25, -0.2) is 0 Å². The predicted molar refractivity (Wildman–Crippen MR) is 46.7 cm³/mol. The molecule has 0 rings (SSSR count). The van der Waals surface area contributed by atoms with Gasteiger partial charge in [0.1, 0.15) is 6.04 Å². The fraction of sp³-hybridized carbons (Fsp3) is 0.429. The van der Waals surface area contributed by atoms with Gasteiger partial charge in [0.15, 0.2) is 0 Å². The van der Waals surface area contributed by atoms with Crippen LogP contribution in [0.3, 0.4) is 0 Å². The van der Waals surface area contributed by atoms with E-state index >= 15 is 0 Å². The quantitative estimate of drug-likeness (QED) is 0.582. The summed E-state index contributed by atoms with van der Waals surface area (Å²) in [4.78, 5) is 20.6. The second-order valence-electron chi connectivity index (χ2n) is 2.26. The second-order valence-corrected chi connectivity index (χ2v) is 2.51. The molecule has 1 atom stereocenters. The molecule has 6 heteroatoms. The summed E-state index contributed by atoms with van der Waals surface area (Å²) in [5, 5.41) is 19.4. The van der Waals surface area contributed by atoms with E-state index in [9.17, 15) is 9.59 Å². The Kier molecular flexibility index (Phi) is 5.92. The minimum Gasteiger partial charge on any atom is -0.481 e. The first-order chi connectivity index (χ1) is 6.07. The summed E-state index contributed by atoms with van der Waals surface area (Å²) in [7, 11) is 0. The van der Waals surface area contributed by atoms with E-state index in [2.05, 4.69) is 5.32 Å². The van der Waals surface area contributed by atoms with E-state index in [4.69, 9.17) is 21.8 Å². The lowest BCUT2D eigenvalue weighted by molar-refractivity contribution is -0.145. The number of carbonyl (C=O) groups is 2. The third-order valence-corrected chi connectivity index (χ3v) is 1.43. The van der Waals surface area contributed by atoms with Crippen LogP contribution in [0.2, 0.25) is 0 Å². The van der Waals surface area contributed by atoms with E-state index in [0.29, 0.717) is 0 Å². The number of hydrogen-bond donors (Lipinski definition) is 3. The van der Waals surface area contributed by atoms with Crippen LogP contribution in [0.5, 0.6) is 0 Å². The topological polar surface area (TPSA) is 86.6 Å². The summed E-state index contributed by atoms with van der Waals surface area (Å²) in [5.74, 6) is -2.35. The summed E-state index contributed by atoms with van der Waals surface area (Å²) < 4.78 is 0. The van der Waals surface area contributed by atoms with Gasteiger partial charge in [0.25, 0.3) is 0 Å². The summed E-state index contributed by atoms with van der Waals surface area (Å²) >= 11 is 5.19. The summed E-state index contributed by atoms with van der Waals surface area (Å²) in [6.45, 7) is 0.230. The number of halogens is 1. The van der Waals surface area contributed by atoms with Crippen LogP contribution in [0.25, 0.3) is 0 Å². The van der Waals surface area contributed by atoms with Gasteiger partial charge >= 0.3 is 11.9 Å². The maximum Gasteiger partial charge on any atom is 0.321 e. The minimum atomic E-state index is -1.19. The predicted octanol–water partition coefficient (Wildman–Crippen LogP) is 0.256. The van der Waals surface area contributed by atoms with Crippen molar-refractivity contribution in [2.45, 2.75) is 12.5 Å². The van der Waals surface area contributed by atoms with E-state index in [1.807, 2.05) is 0 Å². The standard InChI is InChI=1S/C7H10ClNO4/c8-2-1-3-9-5(7(12)13)4-6(10)11/h1-2,5,9H,3-4H2,(H,10,11)(H,12,13). The van der Waals surface area contributed by atoms with Crippen molar-refractivity contribution in [3.05, 3.63) is 11.6 Å². The summed E-state index contributed by atoms with van der Waals surface area (Å²) in [5.41, 5.74) is 1.23. The zero-order valence-electron chi connectivity index (χ0n) is 6.74.